The van der Waals surface area contributed by atoms with Gasteiger partial charge in [0.1, 0.15) is 17.1 Å². The first kappa shape index (κ1) is 23.9. The Bertz CT molecular complexity index is 1140. The van der Waals surface area contributed by atoms with Crippen LogP contribution in [0.1, 0.15) is 47.2 Å². The van der Waals surface area contributed by atoms with Gasteiger partial charge in [-0.3, -0.25) is 4.79 Å². The molecule has 2 aromatic carbocycles. The van der Waals surface area contributed by atoms with Crippen molar-refractivity contribution in [3.8, 4) is 5.75 Å². The van der Waals surface area contributed by atoms with Gasteiger partial charge in [-0.2, -0.15) is 0 Å². The van der Waals surface area contributed by atoms with Gasteiger partial charge in [0.15, 0.2) is 0 Å². The van der Waals surface area contributed by atoms with Gasteiger partial charge in [0.25, 0.3) is 0 Å². The first-order valence-electron chi connectivity index (χ1n) is 12.1. The second-order valence-corrected chi connectivity index (χ2v) is 10.2. The Kier molecular flexibility index (Phi) is 6.88. The topological polar surface area (TPSA) is 79.9 Å². The van der Waals surface area contributed by atoms with E-state index in [-0.39, 0.29) is 24.2 Å². The molecule has 1 saturated carbocycles. The van der Waals surface area contributed by atoms with Crippen LogP contribution in [-0.2, 0) is 16.1 Å². The second-order valence-electron chi connectivity index (χ2n) is 9.36. The number of methoxy groups -OCH3 is 1. The highest BCUT2D eigenvalue weighted by Gasteiger charge is 2.45. The Morgan fingerprint density at radius 3 is 2.91 bits per heavy atom. The number of carbonyl (C=O) groups excluding carboxylic acids is 2. The number of ether oxygens (including phenoxy) is 2. The molecule has 2 N–H and O–H groups in total. The molecule has 186 valence electrons. The summed E-state index contributed by atoms with van der Waals surface area (Å²) in [5.74, 6) is 0.689. The first-order chi connectivity index (χ1) is 17.0. The molecule has 0 radical (unpaired) electrons. The van der Waals surface area contributed by atoms with E-state index in [1.165, 1.54) is 31.2 Å². The summed E-state index contributed by atoms with van der Waals surface area (Å²) in [5.41, 5.74) is 2.66. The van der Waals surface area contributed by atoms with Gasteiger partial charge in [0, 0.05) is 23.9 Å². The summed E-state index contributed by atoms with van der Waals surface area (Å²) in [6.45, 7) is 5.54. The lowest BCUT2D eigenvalue weighted by Gasteiger charge is -2.22. The predicted octanol–water partition coefficient (Wildman–Crippen LogP) is 4.19. The molecule has 0 spiro atoms. The van der Waals surface area contributed by atoms with Crippen molar-refractivity contribution in [2.45, 2.75) is 37.1 Å². The third kappa shape index (κ3) is 4.97. The van der Waals surface area contributed by atoms with Crippen LogP contribution in [0.5, 0.6) is 5.75 Å². The molecule has 1 saturated heterocycles. The lowest BCUT2D eigenvalue weighted by molar-refractivity contribution is -0.124. The predicted molar refractivity (Wildman–Crippen MR) is 132 cm³/mol. The average molecular weight is 500 g/mol. The Morgan fingerprint density at radius 1 is 1.29 bits per heavy atom. The van der Waals surface area contributed by atoms with Crippen LogP contribution < -0.4 is 14.8 Å². The van der Waals surface area contributed by atoms with Crippen LogP contribution in [0.25, 0.3) is 0 Å². The lowest BCUT2D eigenvalue weighted by Crippen LogP contribution is -2.32. The SMILES string of the molecule is CCN1CCC(C(=O)NCc2cc(F)ccc2SNc2ccc3c(c2C(=O)OC)OCC2CC32)C1. The van der Waals surface area contributed by atoms with E-state index >= 15 is 0 Å². The maximum Gasteiger partial charge on any atom is 0.343 e. The summed E-state index contributed by atoms with van der Waals surface area (Å²) in [7, 11) is 1.35. The van der Waals surface area contributed by atoms with Gasteiger partial charge in [-0.1, -0.05) is 13.0 Å². The van der Waals surface area contributed by atoms with E-state index in [1.807, 2.05) is 12.1 Å². The minimum atomic E-state index is -0.465. The molecule has 0 aromatic heterocycles. The van der Waals surface area contributed by atoms with Crippen molar-refractivity contribution in [2.75, 3.05) is 38.1 Å². The Balaban J connectivity index is 1.31. The molecular formula is C26H30FN3O4S. The zero-order chi connectivity index (χ0) is 24.5. The number of halogens is 1. The molecule has 7 nitrogen and oxygen atoms in total. The van der Waals surface area contributed by atoms with E-state index in [1.54, 1.807) is 6.07 Å². The van der Waals surface area contributed by atoms with E-state index in [0.29, 0.717) is 41.0 Å². The molecule has 2 aliphatic heterocycles. The van der Waals surface area contributed by atoms with E-state index < -0.39 is 5.97 Å². The largest absolute Gasteiger partial charge is 0.492 e. The molecule has 3 unspecified atom stereocenters. The molecule has 35 heavy (non-hydrogen) atoms. The molecular weight excluding hydrogens is 469 g/mol. The Hall–Kier alpha value is -2.78. The second kappa shape index (κ2) is 10.1. The van der Waals surface area contributed by atoms with Gasteiger partial charge in [-0.05, 0) is 79.2 Å². The number of nitrogens with zero attached hydrogens (tertiary/aromatic N) is 1. The molecule has 1 amide bonds. The van der Waals surface area contributed by atoms with Crippen LogP contribution in [0.3, 0.4) is 0 Å². The van der Waals surface area contributed by atoms with Gasteiger partial charge in [-0.15, -0.1) is 0 Å². The molecule has 3 aliphatic rings. The number of hydrogen-bond acceptors (Lipinski definition) is 7. The number of likely N-dealkylation sites (tertiary alicyclic amines) is 1. The number of esters is 1. The maximum atomic E-state index is 14.1. The van der Waals surface area contributed by atoms with Crippen LogP contribution in [0.2, 0.25) is 0 Å². The molecule has 2 aromatic rings. The smallest absolute Gasteiger partial charge is 0.343 e. The first-order valence-corrected chi connectivity index (χ1v) is 12.9. The van der Waals surface area contributed by atoms with Crippen molar-refractivity contribution in [1.82, 2.24) is 10.2 Å². The van der Waals surface area contributed by atoms with Gasteiger partial charge in [0.05, 0.1) is 25.3 Å². The van der Waals surface area contributed by atoms with Crippen molar-refractivity contribution < 1.29 is 23.5 Å². The van der Waals surface area contributed by atoms with Crippen molar-refractivity contribution in [3.63, 3.8) is 0 Å². The number of benzene rings is 2. The number of anilines is 1. The lowest BCUT2D eigenvalue weighted by atomic mass is 10.0. The third-order valence-electron chi connectivity index (χ3n) is 7.18. The number of rotatable bonds is 8. The van der Waals surface area contributed by atoms with Gasteiger partial charge >= 0.3 is 5.97 Å². The Labute approximate surface area is 208 Å². The maximum absolute atomic E-state index is 14.1. The van der Waals surface area contributed by atoms with Crippen LogP contribution in [0.15, 0.2) is 35.2 Å². The highest BCUT2D eigenvalue weighted by molar-refractivity contribution is 8.00. The quantitative estimate of drug-likeness (QED) is 0.417. The van der Waals surface area contributed by atoms with Gasteiger partial charge in [-0.25, -0.2) is 9.18 Å². The number of amides is 1. The minimum absolute atomic E-state index is 0.00712. The molecule has 9 heteroatoms. The number of fused-ring (bicyclic) bond motifs is 3. The van der Waals surface area contributed by atoms with E-state index in [0.717, 1.165) is 42.9 Å². The van der Waals surface area contributed by atoms with Crippen molar-refractivity contribution in [2.24, 2.45) is 11.8 Å². The Morgan fingerprint density at radius 2 is 2.14 bits per heavy atom. The summed E-state index contributed by atoms with van der Waals surface area (Å²) >= 11 is 1.26. The molecule has 0 bridgehead atoms. The summed E-state index contributed by atoms with van der Waals surface area (Å²) in [6.07, 6.45) is 1.92. The summed E-state index contributed by atoms with van der Waals surface area (Å²) < 4.78 is 28.3. The number of nitrogens with one attached hydrogen (secondary N) is 2. The summed E-state index contributed by atoms with van der Waals surface area (Å²) in [4.78, 5) is 28.3. The fourth-order valence-electron chi connectivity index (χ4n) is 5.00. The van der Waals surface area contributed by atoms with Crippen LogP contribution in [0.4, 0.5) is 10.1 Å². The average Bonchev–Trinajstić information content (AvgIpc) is 3.52. The molecule has 2 heterocycles. The van der Waals surface area contributed by atoms with Crippen LogP contribution in [0, 0.1) is 17.7 Å². The minimum Gasteiger partial charge on any atom is -0.492 e. The highest BCUT2D eigenvalue weighted by Crippen LogP contribution is 2.55. The standard InChI is InChI=1S/C26H30FN3O4S/c1-3-30-9-8-15(13-30)25(31)28-12-16-10-18(27)4-7-22(16)35-29-21-6-5-19-20-11-17(20)14-34-24(19)23(21)26(32)33-2/h4-7,10,15,17,20,29H,3,8-9,11-14H2,1-2H3,(H,28,31). The number of carbonyl (C=O) groups is 2. The van der Waals surface area contributed by atoms with E-state index in [9.17, 15) is 14.0 Å². The molecule has 2 fully saturated rings. The van der Waals surface area contributed by atoms with Crippen LogP contribution >= 0.6 is 11.9 Å². The zero-order valence-corrected chi connectivity index (χ0v) is 20.8. The fourth-order valence-corrected chi connectivity index (χ4v) is 5.78. The van der Waals surface area contributed by atoms with E-state index in [2.05, 4.69) is 21.9 Å². The van der Waals surface area contributed by atoms with Crippen molar-refractivity contribution in [3.05, 3.63) is 52.8 Å². The van der Waals surface area contributed by atoms with Gasteiger partial charge < -0.3 is 24.4 Å². The summed E-state index contributed by atoms with van der Waals surface area (Å²) in [6, 6.07) is 8.36. The zero-order valence-electron chi connectivity index (χ0n) is 19.9. The molecule has 1 aliphatic carbocycles. The van der Waals surface area contributed by atoms with Crippen molar-refractivity contribution in [1.29, 1.82) is 0 Å². The fraction of sp³-hybridized carbons (Fsp3) is 0.462. The van der Waals surface area contributed by atoms with E-state index in [4.69, 9.17) is 9.47 Å². The normalized spacial score (nSPS) is 22.5. The van der Waals surface area contributed by atoms with Crippen molar-refractivity contribution >= 4 is 29.5 Å². The highest BCUT2D eigenvalue weighted by atomic mass is 32.2. The molecule has 3 atom stereocenters. The molecule has 5 rings (SSSR count). The third-order valence-corrected chi connectivity index (χ3v) is 8.12. The number of hydrogen-bond donors (Lipinski definition) is 2. The van der Waals surface area contributed by atoms with Crippen LogP contribution in [-0.4, -0.2) is 50.1 Å². The summed E-state index contributed by atoms with van der Waals surface area (Å²) in [5, 5.41) is 2.97. The monoisotopic (exact) mass is 499 g/mol. The van der Waals surface area contributed by atoms with Gasteiger partial charge in [0.2, 0.25) is 5.91 Å².